The summed E-state index contributed by atoms with van der Waals surface area (Å²) in [6, 6.07) is 21.3. The molecule has 0 saturated heterocycles. The minimum absolute atomic E-state index is 0.162. The van der Waals surface area contributed by atoms with E-state index in [9.17, 15) is 4.79 Å². The first kappa shape index (κ1) is 18.9. The van der Waals surface area contributed by atoms with Crippen molar-refractivity contribution in [3.05, 3.63) is 94.9 Å². The lowest BCUT2D eigenvalue weighted by Crippen LogP contribution is -2.14. The standard InChI is InChI=1S/C23H19ClN4O/c1-15-8-6-11-18(14-15)28-21(17-9-4-3-5-10-17)20(16(2)27-28)26-23(29)19-12-7-13-25-22(19)24/h3-14H,1-2H3,(H,26,29). The summed E-state index contributed by atoms with van der Waals surface area (Å²) in [5, 5.41) is 7.88. The van der Waals surface area contributed by atoms with Crippen LogP contribution in [0.1, 0.15) is 21.6 Å². The Morgan fingerprint density at radius 3 is 2.52 bits per heavy atom. The van der Waals surface area contributed by atoms with Crippen molar-refractivity contribution in [3.63, 3.8) is 0 Å². The molecule has 0 fully saturated rings. The number of pyridine rings is 1. The topological polar surface area (TPSA) is 59.8 Å². The first-order chi connectivity index (χ1) is 14.0. The third-order valence-electron chi connectivity index (χ3n) is 4.60. The van der Waals surface area contributed by atoms with E-state index in [2.05, 4.69) is 16.4 Å². The Kier molecular flexibility index (Phi) is 5.14. The lowest BCUT2D eigenvalue weighted by Gasteiger charge is -2.12. The summed E-state index contributed by atoms with van der Waals surface area (Å²) >= 11 is 6.11. The molecule has 0 atom stereocenters. The molecule has 144 valence electrons. The molecule has 6 heteroatoms. The van der Waals surface area contributed by atoms with E-state index in [-0.39, 0.29) is 11.1 Å². The van der Waals surface area contributed by atoms with Gasteiger partial charge in [0.15, 0.2) is 0 Å². The number of rotatable bonds is 4. The van der Waals surface area contributed by atoms with Gasteiger partial charge in [0.25, 0.3) is 5.91 Å². The molecule has 0 spiro atoms. The van der Waals surface area contributed by atoms with E-state index in [0.29, 0.717) is 16.9 Å². The summed E-state index contributed by atoms with van der Waals surface area (Å²) in [6.07, 6.45) is 1.55. The molecule has 4 rings (SSSR count). The molecule has 2 heterocycles. The number of carbonyl (C=O) groups is 1. The summed E-state index contributed by atoms with van der Waals surface area (Å²) in [5.41, 5.74) is 5.47. The van der Waals surface area contributed by atoms with E-state index in [4.69, 9.17) is 16.7 Å². The van der Waals surface area contributed by atoms with Gasteiger partial charge in [0.05, 0.1) is 28.3 Å². The number of carbonyl (C=O) groups excluding carboxylic acids is 1. The molecule has 2 aromatic carbocycles. The lowest BCUT2D eigenvalue weighted by molar-refractivity contribution is 0.102. The van der Waals surface area contributed by atoms with Crippen LogP contribution in [0.4, 0.5) is 5.69 Å². The molecule has 5 nitrogen and oxygen atoms in total. The van der Waals surface area contributed by atoms with E-state index >= 15 is 0 Å². The van der Waals surface area contributed by atoms with Crippen LogP contribution in [0.2, 0.25) is 5.15 Å². The molecule has 0 bridgehead atoms. The molecule has 0 aliphatic carbocycles. The number of nitrogens with one attached hydrogen (secondary N) is 1. The van der Waals surface area contributed by atoms with Crippen molar-refractivity contribution in [1.82, 2.24) is 14.8 Å². The number of halogens is 1. The first-order valence-electron chi connectivity index (χ1n) is 9.18. The summed E-state index contributed by atoms with van der Waals surface area (Å²) in [6.45, 7) is 3.91. The SMILES string of the molecule is Cc1cccc(-n2nc(C)c(NC(=O)c3cccnc3Cl)c2-c2ccccc2)c1. The molecular formula is C23H19ClN4O. The molecule has 1 N–H and O–H groups in total. The van der Waals surface area contributed by atoms with Crippen molar-refractivity contribution in [2.45, 2.75) is 13.8 Å². The highest BCUT2D eigenvalue weighted by Gasteiger charge is 2.21. The van der Waals surface area contributed by atoms with E-state index in [1.54, 1.807) is 18.3 Å². The second kappa shape index (κ2) is 7.89. The average Bonchev–Trinajstić information content (AvgIpc) is 3.05. The van der Waals surface area contributed by atoms with Gasteiger partial charge in [0.2, 0.25) is 0 Å². The van der Waals surface area contributed by atoms with Gasteiger partial charge >= 0.3 is 0 Å². The fourth-order valence-electron chi connectivity index (χ4n) is 3.22. The predicted molar refractivity (Wildman–Crippen MR) is 116 cm³/mol. The second-order valence-corrected chi connectivity index (χ2v) is 7.08. The summed E-state index contributed by atoms with van der Waals surface area (Å²) in [7, 11) is 0. The normalized spacial score (nSPS) is 10.7. The van der Waals surface area contributed by atoms with Crippen LogP contribution in [-0.2, 0) is 0 Å². The van der Waals surface area contributed by atoms with E-state index in [1.807, 2.05) is 67.1 Å². The van der Waals surface area contributed by atoms with Crippen LogP contribution < -0.4 is 5.32 Å². The van der Waals surface area contributed by atoms with Crippen molar-refractivity contribution in [2.24, 2.45) is 0 Å². The number of benzene rings is 2. The second-order valence-electron chi connectivity index (χ2n) is 6.72. The average molecular weight is 403 g/mol. The van der Waals surface area contributed by atoms with Crippen molar-refractivity contribution < 1.29 is 4.79 Å². The van der Waals surface area contributed by atoms with Crippen molar-refractivity contribution in [3.8, 4) is 16.9 Å². The van der Waals surface area contributed by atoms with Crippen molar-refractivity contribution >= 4 is 23.2 Å². The third-order valence-corrected chi connectivity index (χ3v) is 4.90. The van der Waals surface area contributed by atoms with Crippen molar-refractivity contribution in [1.29, 1.82) is 0 Å². The van der Waals surface area contributed by atoms with Gasteiger partial charge in [0.1, 0.15) is 5.15 Å². The smallest absolute Gasteiger partial charge is 0.258 e. The maximum atomic E-state index is 12.9. The summed E-state index contributed by atoms with van der Waals surface area (Å²) < 4.78 is 1.86. The van der Waals surface area contributed by atoms with E-state index in [0.717, 1.165) is 22.5 Å². The van der Waals surface area contributed by atoms with E-state index < -0.39 is 0 Å². The highest BCUT2D eigenvalue weighted by molar-refractivity contribution is 6.33. The van der Waals surface area contributed by atoms with Crippen molar-refractivity contribution in [2.75, 3.05) is 5.32 Å². The number of hydrogen-bond acceptors (Lipinski definition) is 3. The quantitative estimate of drug-likeness (QED) is 0.461. The Hall–Kier alpha value is -3.44. The van der Waals surface area contributed by atoms with Gasteiger partial charge in [-0.3, -0.25) is 4.79 Å². The lowest BCUT2D eigenvalue weighted by atomic mass is 10.1. The highest BCUT2D eigenvalue weighted by Crippen LogP contribution is 2.34. The Balaban J connectivity index is 1.86. The van der Waals surface area contributed by atoms with Crippen LogP contribution in [0, 0.1) is 13.8 Å². The van der Waals surface area contributed by atoms with Gasteiger partial charge in [0, 0.05) is 11.8 Å². The Morgan fingerprint density at radius 2 is 1.79 bits per heavy atom. The maximum Gasteiger partial charge on any atom is 0.258 e. The molecule has 1 amide bonds. The Bertz CT molecular complexity index is 1180. The minimum Gasteiger partial charge on any atom is -0.318 e. The number of nitrogens with zero attached hydrogens (tertiary/aromatic N) is 3. The third kappa shape index (κ3) is 3.77. The molecule has 0 aliphatic rings. The zero-order valence-corrected chi connectivity index (χ0v) is 16.8. The largest absolute Gasteiger partial charge is 0.318 e. The molecule has 29 heavy (non-hydrogen) atoms. The van der Waals surface area contributed by atoms with E-state index in [1.165, 1.54) is 0 Å². The number of aromatic nitrogens is 3. The van der Waals surface area contributed by atoms with Crippen LogP contribution in [-0.4, -0.2) is 20.7 Å². The van der Waals surface area contributed by atoms with Crippen LogP contribution >= 0.6 is 11.6 Å². The first-order valence-corrected chi connectivity index (χ1v) is 9.56. The monoisotopic (exact) mass is 402 g/mol. The zero-order valence-electron chi connectivity index (χ0n) is 16.1. The fourth-order valence-corrected chi connectivity index (χ4v) is 3.43. The van der Waals surface area contributed by atoms with Crippen LogP contribution in [0.15, 0.2) is 72.9 Å². The van der Waals surface area contributed by atoms with Gasteiger partial charge in [-0.25, -0.2) is 9.67 Å². The number of anilines is 1. The van der Waals surface area contributed by atoms with Gasteiger partial charge in [-0.2, -0.15) is 5.10 Å². The summed E-state index contributed by atoms with van der Waals surface area (Å²) in [4.78, 5) is 16.9. The van der Waals surface area contributed by atoms with Crippen LogP contribution in [0.5, 0.6) is 0 Å². The molecule has 2 aromatic heterocycles. The minimum atomic E-state index is -0.327. The number of amides is 1. The molecule has 0 unspecified atom stereocenters. The molecule has 0 saturated carbocycles. The predicted octanol–water partition coefficient (Wildman–Crippen LogP) is 5.46. The fraction of sp³-hybridized carbons (Fsp3) is 0.0870. The number of aryl methyl sites for hydroxylation is 2. The number of hydrogen-bond donors (Lipinski definition) is 1. The van der Waals surface area contributed by atoms with Gasteiger partial charge in [-0.1, -0.05) is 54.1 Å². The maximum absolute atomic E-state index is 12.9. The van der Waals surface area contributed by atoms with Gasteiger partial charge < -0.3 is 5.32 Å². The Morgan fingerprint density at radius 1 is 1.00 bits per heavy atom. The van der Waals surface area contributed by atoms with Crippen LogP contribution in [0.25, 0.3) is 16.9 Å². The molecular weight excluding hydrogens is 384 g/mol. The summed E-state index contributed by atoms with van der Waals surface area (Å²) in [5.74, 6) is -0.327. The van der Waals surface area contributed by atoms with Crippen LogP contribution in [0.3, 0.4) is 0 Å². The van der Waals surface area contributed by atoms with Gasteiger partial charge in [-0.15, -0.1) is 0 Å². The zero-order chi connectivity index (χ0) is 20.4. The van der Waals surface area contributed by atoms with Gasteiger partial charge in [-0.05, 0) is 43.7 Å². The molecule has 0 aliphatic heterocycles. The molecule has 4 aromatic rings. The highest BCUT2D eigenvalue weighted by atomic mass is 35.5. The Labute approximate surface area is 174 Å². The molecule has 0 radical (unpaired) electrons.